The lowest BCUT2D eigenvalue weighted by Crippen LogP contribution is -2.05. The molecule has 0 bridgehead atoms. The van der Waals surface area contributed by atoms with E-state index in [9.17, 15) is 4.79 Å². The first-order valence-corrected chi connectivity index (χ1v) is 4.56. The zero-order valence-corrected chi connectivity index (χ0v) is 8.32. The highest BCUT2D eigenvalue weighted by atomic mass is 16.5. The predicted octanol–water partition coefficient (Wildman–Crippen LogP) is 2.59. The number of methoxy groups -OCH3 is 1. The molecular formula is C12H14O2. The van der Waals surface area contributed by atoms with E-state index in [0.29, 0.717) is 5.56 Å². The zero-order chi connectivity index (χ0) is 10.4. The Morgan fingerprint density at radius 2 is 2.21 bits per heavy atom. The fraction of sp³-hybridized carbons (Fsp3) is 0.250. The molecule has 0 aliphatic heterocycles. The lowest BCUT2D eigenvalue weighted by molar-refractivity contribution is 0.0599. The van der Waals surface area contributed by atoms with Crippen LogP contribution in [0.5, 0.6) is 0 Å². The van der Waals surface area contributed by atoms with Gasteiger partial charge < -0.3 is 4.74 Å². The summed E-state index contributed by atoms with van der Waals surface area (Å²) in [5.74, 6) is -0.273. The summed E-state index contributed by atoms with van der Waals surface area (Å²) in [5, 5.41) is 0. The van der Waals surface area contributed by atoms with Gasteiger partial charge in [-0.3, -0.25) is 0 Å². The number of hydrogen-bond donors (Lipinski definition) is 0. The van der Waals surface area contributed by atoms with Crippen LogP contribution >= 0.6 is 0 Å². The van der Waals surface area contributed by atoms with Gasteiger partial charge in [0.1, 0.15) is 0 Å². The molecule has 0 radical (unpaired) electrons. The minimum Gasteiger partial charge on any atom is -0.465 e. The van der Waals surface area contributed by atoms with E-state index in [4.69, 9.17) is 4.74 Å². The lowest BCUT2D eigenvalue weighted by Gasteiger charge is -2.05. The third-order valence-electron chi connectivity index (χ3n) is 2.04. The fourth-order valence-corrected chi connectivity index (χ4v) is 1.30. The SMILES string of the molecule is C=CCCc1ccccc1C(=O)OC. The Bertz CT molecular complexity index is 329. The first-order valence-electron chi connectivity index (χ1n) is 4.56. The van der Waals surface area contributed by atoms with Gasteiger partial charge in [0.2, 0.25) is 0 Å². The largest absolute Gasteiger partial charge is 0.465 e. The molecule has 0 unspecified atom stereocenters. The summed E-state index contributed by atoms with van der Waals surface area (Å²) in [6, 6.07) is 7.48. The van der Waals surface area contributed by atoms with Gasteiger partial charge in [-0.1, -0.05) is 24.3 Å². The van der Waals surface area contributed by atoms with E-state index in [0.717, 1.165) is 18.4 Å². The van der Waals surface area contributed by atoms with Gasteiger partial charge in [0.15, 0.2) is 0 Å². The molecule has 0 heterocycles. The maximum absolute atomic E-state index is 11.3. The molecule has 14 heavy (non-hydrogen) atoms. The number of rotatable bonds is 4. The van der Waals surface area contributed by atoms with Gasteiger partial charge in [-0.2, -0.15) is 0 Å². The number of carbonyl (C=O) groups excluding carboxylic acids is 1. The summed E-state index contributed by atoms with van der Waals surface area (Å²) in [6.07, 6.45) is 3.54. The van der Waals surface area contributed by atoms with Crippen molar-refractivity contribution < 1.29 is 9.53 Å². The molecule has 0 spiro atoms. The molecule has 1 aromatic carbocycles. The van der Waals surface area contributed by atoms with Crippen LogP contribution in [0.15, 0.2) is 36.9 Å². The van der Waals surface area contributed by atoms with Gasteiger partial charge in [-0.25, -0.2) is 4.79 Å². The highest BCUT2D eigenvalue weighted by Gasteiger charge is 2.09. The van der Waals surface area contributed by atoms with Gasteiger partial charge >= 0.3 is 5.97 Å². The molecule has 74 valence electrons. The third kappa shape index (κ3) is 2.46. The lowest BCUT2D eigenvalue weighted by atomic mass is 10.0. The Labute approximate surface area is 84.2 Å². The topological polar surface area (TPSA) is 26.3 Å². The van der Waals surface area contributed by atoms with E-state index in [1.54, 1.807) is 6.07 Å². The van der Waals surface area contributed by atoms with Gasteiger partial charge in [0.25, 0.3) is 0 Å². The van der Waals surface area contributed by atoms with E-state index in [1.165, 1.54) is 7.11 Å². The molecule has 0 saturated carbocycles. The standard InChI is InChI=1S/C12H14O2/c1-3-4-7-10-8-5-6-9-11(10)12(13)14-2/h3,5-6,8-9H,1,4,7H2,2H3. The molecular weight excluding hydrogens is 176 g/mol. The molecule has 0 aromatic heterocycles. The smallest absolute Gasteiger partial charge is 0.338 e. The average molecular weight is 190 g/mol. The molecule has 2 heteroatoms. The number of aryl methyl sites for hydroxylation is 1. The quantitative estimate of drug-likeness (QED) is 0.539. The van der Waals surface area contributed by atoms with Crippen molar-refractivity contribution in [3.8, 4) is 0 Å². The number of ether oxygens (including phenoxy) is 1. The van der Waals surface area contributed by atoms with Crippen molar-refractivity contribution in [2.45, 2.75) is 12.8 Å². The minimum atomic E-state index is -0.273. The van der Waals surface area contributed by atoms with E-state index < -0.39 is 0 Å². The van der Waals surface area contributed by atoms with Crippen molar-refractivity contribution in [1.82, 2.24) is 0 Å². The van der Waals surface area contributed by atoms with Gasteiger partial charge in [0.05, 0.1) is 12.7 Å². The zero-order valence-electron chi connectivity index (χ0n) is 8.32. The molecule has 0 N–H and O–H groups in total. The van der Waals surface area contributed by atoms with Crippen LogP contribution in [0.3, 0.4) is 0 Å². The van der Waals surface area contributed by atoms with Crippen LogP contribution in [-0.4, -0.2) is 13.1 Å². The molecule has 1 rings (SSSR count). The number of benzene rings is 1. The second kappa shape index (κ2) is 5.22. The summed E-state index contributed by atoms with van der Waals surface area (Å²) in [6.45, 7) is 3.65. The second-order valence-electron chi connectivity index (χ2n) is 2.98. The van der Waals surface area contributed by atoms with Crippen LogP contribution in [0.2, 0.25) is 0 Å². The fourth-order valence-electron chi connectivity index (χ4n) is 1.30. The van der Waals surface area contributed by atoms with E-state index >= 15 is 0 Å². The van der Waals surface area contributed by atoms with E-state index in [1.807, 2.05) is 24.3 Å². The molecule has 2 nitrogen and oxygen atoms in total. The molecule has 0 aliphatic rings. The first-order chi connectivity index (χ1) is 6.79. The number of carbonyl (C=O) groups is 1. The summed E-state index contributed by atoms with van der Waals surface area (Å²) in [7, 11) is 1.40. The predicted molar refractivity (Wildman–Crippen MR) is 56.3 cm³/mol. The van der Waals surface area contributed by atoms with Crippen LogP contribution in [0.4, 0.5) is 0 Å². The number of hydrogen-bond acceptors (Lipinski definition) is 2. The van der Waals surface area contributed by atoms with Crippen LogP contribution in [-0.2, 0) is 11.2 Å². The highest BCUT2D eigenvalue weighted by Crippen LogP contribution is 2.12. The number of allylic oxidation sites excluding steroid dienone is 1. The molecule has 0 amide bonds. The highest BCUT2D eigenvalue weighted by molar-refractivity contribution is 5.90. The second-order valence-corrected chi connectivity index (χ2v) is 2.98. The van der Waals surface area contributed by atoms with Crippen molar-refractivity contribution in [2.24, 2.45) is 0 Å². The molecule has 0 aliphatic carbocycles. The average Bonchev–Trinajstić information content (AvgIpc) is 2.25. The summed E-state index contributed by atoms with van der Waals surface area (Å²) in [4.78, 5) is 11.3. The van der Waals surface area contributed by atoms with E-state index in [-0.39, 0.29) is 5.97 Å². The Balaban J connectivity index is 2.90. The Kier molecular flexibility index (Phi) is 3.92. The Morgan fingerprint density at radius 1 is 1.50 bits per heavy atom. The van der Waals surface area contributed by atoms with Crippen molar-refractivity contribution in [2.75, 3.05) is 7.11 Å². The Hall–Kier alpha value is -1.57. The van der Waals surface area contributed by atoms with Crippen molar-refractivity contribution in [1.29, 1.82) is 0 Å². The molecule has 0 fully saturated rings. The molecule has 1 aromatic rings. The van der Waals surface area contributed by atoms with Crippen molar-refractivity contribution >= 4 is 5.97 Å². The van der Waals surface area contributed by atoms with Crippen LogP contribution in [0, 0.1) is 0 Å². The van der Waals surface area contributed by atoms with Crippen molar-refractivity contribution in [3.63, 3.8) is 0 Å². The van der Waals surface area contributed by atoms with E-state index in [2.05, 4.69) is 6.58 Å². The maximum atomic E-state index is 11.3. The van der Waals surface area contributed by atoms with Gasteiger partial charge in [-0.05, 0) is 24.5 Å². The van der Waals surface area contributed by atoms with Gasteiger partial charge in [-0.15, -0.1) is 6.58 Å². The normalized spacial score (nSPS) is 9.50. The Morgan fingerprint density at radius 3 is 2.86 bits per heavy atom. The van der Waals surface area contributed by atoms with Gasteiger partial charge in [0, 0.05) is 0 Å². The first kappa shape index (κ1) is 10.5. The summed E-state index contributed by atoms with van der Waals surface area (Å²) < 4.78 is 4.69. The minimum absolute atomic E-state index is 0.273. The summed E-state index contributed by atoms with van der Waals surface area (Å²) in [5.41, 5.74) is 1.66. The van der Waals surface area contributed by atoms with Crippen LogP contribution in [0.1, 0.15) is 22.3 Å². The number of esters is 1. The van der Waals surface area contributed by atoms with Crippen LogP contribution < -0.4 is 0 Å². The third-order valence-corrected chi connectivity index (χ3v) is 2.04. The molecule has 0 saturated heterocycles. The van der Waals surface area contributed by atoms with Crippen molar-refractivity contribution in [3.05, 3.63) is 48.0 Å². The monoisotopic (exact) mass is 190 g/mol. The maximum Gasteiger partial charge on any atom is 0.338 e. The molecule has 0 atom stereocenters. The summed E-state index contributed by atoms with van der Waals surface area (Å²) >= 11 is 0. The van der Waals surface area contributed by atoms with Crippen LogP contribution in [0.25, 0.3) is 0 Å².